The molecule has 1 fully saturated rings. The third-order valence-corrected chi connectivity index (χ3v) is 5.88. The van der Waals surface area contributed by atoms with Crippen LogP contribution in [0.1, 0.15) is 44.4 Å². The number of ketones is 1. The zero-order valence-electron chi connectivity index (χ0n) is 19.5. The zero-order valence-corrected chi connectivity index (χ0v) is 19.5. The minimum atomic E-state index is -0.749. The van der Waals surface area contributed by atoms with Crippen LogP contribution in [0.4, 0.5) is 0 Å². The van der Waals surface area contributed by atoms with Gasteiger partial charge in [-0.2, -0.15) is 0 Å². The largest absolute Gasteiger partial charge is 0.508 e. The minimum Gasteiger partial charge on any atom is -0.508 e. The standard InChI is InChI=1S/C26H32N2O5/c1-4-16-33-21-9-7-8-19(17-21)24(30)22-23(18-10-12-20(29)13-11-18)28(26(32)25(22)31)15-14-27(5-2)6-3/h7-13,17,23,29-30H,4-6,14-16H2,1-3H3/b24-22-. The predicted octanol–water partition coefficient (Wildman–Crippen LogP) is 3.94. The lowest BCUT2D eigenvalue weighted by Crippen LogP contribution is -2.38. The van der Waals surface area contributed by atoms with E-state index < -0.39 is 17.7 Å². The number of amides is 1. The zero-order chi connectivity index (χ0) is 24.0. The molecule has 2 aromatic carbocycles. The van der Waals surface area contributed by atoms with E-state index in [4.69, 9.17) is 4.74 Å². The van der Waals surface area contributed by atoms with Gasteiger partial charge in [-0.05, 0) is 49.3 Å². The lowest BCUT2D eigenvalue weighted by molar-refractivity contribution is -0.140. The summed E-state index contributed by atoms with van der Waals surface area (Å²) in [6, 6.07) is 12.5. The van der Waals surface area contributed by atoms with Gasteiger partial charge in [-0.25, -0.2) is 0 Å². The molecule has 0 radical (unpaired) electrons. The number of benzene rings is 2. The van der Waals surface area contributed by atoms with Gasteiger partial charge in [0.25, 0.3) is 11.7 Å². The Kier molecular flexibility index (Phi) is 8.11. The van der Waals surface area contributed by atoms with Crippen LogP contribution in [-0.2, 0) is 9.59 Å². The number of nitrogens with zero attached hydrogens (tertiary/aromatic N) is 2. The van der Waals surface area contributed by atoms with E-state index in [1.807, 2.05) is 20.8 Å². The number of likely N-dealkylation sites (tertiary alicyclic amines) is 1. The number of hydrogen-bond donors (Lipinski definition) is 2. The molecule has 7 heteroatoms. The van der Waals surface area contributed by atoms with Crippen molar-refractivity contribution in [3.63, 3.8) is 0 Å². The fourth-order valence-electron chi connectivity index (χ4n) is 4.01. The average molecular weight is 453 g/mol. The normalized spacial score (nSPS) is 17.7. The first-order valence-corrected chi connectivity index (χ1v) is 11.4. The maximum atomic E-state index is 13.1. The SMILES string of the molecule is CCCOc1cccc(/C(O)=C2/C(=O)C(=O)N(CCN(CC)CC)C2c2ccc(O)cc2)c1. The van der Waals surface area contributed by atoms with Crippen molar-refractivity contribution in [2.24, 2.45) is 0 Å². The smallest absolute Gasteiger partial charge is 0.295 e. The lowest BCUT2D eigenvalue weighted by Gasteiger charge is -2.28. The number of carbonyl (C=O) groups excluding carboxylic acids is 2. The third kappa shape index (κ3) is 5.37. The molecule has 1 atom stereocenters. The van der Waals surface area contributed by atoms with E-state index in [-0.39, 0.29) is 17.1 Å². The first-order chi connectivity index (χ1) is 15.9. The molecule has 0 saturated carbocycles. The van der Waals surface area contributed by atoms with Crippen LogP contribution >= 0.6 is 0 Å². The van der Waals surface area contributed by atoms with E-state index in [9.17, 15) is 19.8 Å². The van der Waals surface area contributed by atoms with Crippen LogP contribution in [-0.4, -0.2) is 64.5 Å². The summed E-state index contributed by atoms with van der Waals surface area (Å²) in [5, 5.41) is 20.9. The first kappa shape index (κ1) is 24.3. The second-order valence-corrected chi connectivity index (χ2v) is 7.99. The number of Topliss-reactive ketones (excluding diaryl/α,β-unsaturated/α-hetero) is 1. The molecule has 0 aliphatic carbocycles. The number of aliphatic hydroxyl groups is 1. The number of carbonyl (C=O) groups is 2. The highest BCUT2D eigenvalue weighted by atomic mass is 16.5. The van der Waals surface area contributed by atoms with E-state index in [1.165, 1.54) is 17.0 Å². The van der Waals surface area contributed by atoms with Gasteiger partial charge in [-0.3, -0.25) is 9.59 Å². The Morgan fingerprint density at radius 2 is 1.76 bits per heavy atom. The van der Waals surface area contributed by atoms with E-state index in [2.05, 4.69) is 4.90 Å². The van der Waals surface area contributed by atoms with Gasteiger partial charge >= 0.3 is 0 Å². The summed E-state index contributed by atoms with van der Waals surface area (Å²) in [5.41, 5.74) is 1.10. The summed E-state index contributed by atoms with van der Waals surface area (Å²) < 4.78 is 5.66. The number of rotatable bonds is 10. The number of phenols is 1. The van der Waals surface area contributed by atoms with Crippen LogP contribution in [0.15, 0.2) is 54.1 Å². The molecule has 0 aromatic heterocycles. The molecule has 7 nitrogen and oxygen atoms in total. The highest BCUT2D eigenvalue weighted by molar-refractivity contribution is 6.46. The van der Waals surface area contributed by atoms with Gasteiger partial charge in [0.1, 0.15) is 17.3 Å². The summed E-state index contributed by atoms with van der Waals surface area (Å²) in [6.45, 7) is 9.23. The monoisotopic (exact) mass is 452 g/mol. The van der Waals surface area contributed by atoms with Crippen molar-refractivity contribution in [2.75, 3.05) is 32.8 Å². The van der Waals surface area contributed by atoms with Crippen LogP contribution < -0.4 is 4.74 Å². The van der Waals surface area contributed by atoms with Gasteiger partial charge in [-0.1, -0.05) is 45.0 Å². The number of likely N-dealkylation sites (N-methyl/N-ethyl adjacent to an activating group) is 1. The van der Waals surface area contributed by atoms with Crippen molar-refractivity contribution in [1.82, 2.24) is 9.80 Å². The van der Waals surface area contributed by atoms with Gasteiger partial charge in [-0.15, -0.1) is 0 Å². The van der Waals surface area contributed by atoms with E-state index in [1.54, 1.807) is 36.4 Å². The summed E-state index contributed by atoms with van der Waals surface area (Å²) in [4.78, 5) is 29.8. The number of aliphatic hydroxyl groups excluding tert-OH is 1. The molecule has 1 aliphatic rings. The van der Waals surface area contributed by atoms with Gasteiger partial charge in [0.15, 0.2) is 0 Å². The maximum absolute atomic E-state index is 13.1. The highest BCUT2D eigenvalue weighted by Crippen LogP contribution is 2.40. The molecular weight excluding hydrogens is 420 g/mol. The molecule has 1 aliphatic heterocycles. The molecule has 33 heavy (non-hydrogen) atoms. The van der Waals surface area contributed by atoms with Crippen LogP contribution in [0.2, 0.25) is 0 Å². The fraction of sp³-hybridized carbons (Fsp3) is 0.385. The summed E-state index contributed by atoms with van der Waals surface area (Å²) in [5.74, 6) is -0.929. The molecule has 3 rings (SSSR count). The van der Waals surface area contributed by atoms with Crippen LogP contribution in [0.3, 0.4) is 0 Å². The molecule has 1 unspecified atom stereocenters. The molecule has 0 spiro atoms. The Morgan fingerprint density at radius 3 is 2.39 bits per heavy atom. The Bertz CT molecular complexity index is 1010. The van der Waals surface area contributed by atoms with Gasteiger partial charge in [0.2, 0.25) is 0 Å². The van der Waals surface area contributed by atoms with Gasteiger partial charge in [0, 0.05) is 18.7 Å². The number of aromatic hydroxyl groups is 1. The molecule has 1 heterocycles. The van der Waals surface area contributed by atoms with Crippen LogP contribution in [0.25, 0.3) is 5.76 Å². The quantitative estimate of drug-likeness (QED) is 0.322. The molecular formula is C26H32N2O5. The van der Waals surface area contributed by atoms with E-state index in [0.29, 0.717) is 36.6 Å². The number of hydrogen-bond acceptors (Lipinski definition) is 6. The minimum absolute atomic E-state index is 0.0397. The number of ether oxygens (including phenoxy) is 1. The second kappa shape index (κ2) is 11.0. The molecule has 2 N–H and O–H groups in total. The topological polar surface area (TPSA) is 90.3 Å². The Hall–Kier alpha value is -3.32. The summed E-state index contributed by atoms with van der Waals surface area (Å²) in [7, 11) is 0. The van der Waals surface area contributed by atoms with E-state index >= 15 is 0 Å². The van der Waals surface area contributed by atoms with Crippen molar-refractivity contribution < 1.29 is 24.5 Å². The Labute approximate surface area is 194 Å². The fourth-order valence-corrected chi connectivity index (χ4v) is 4.01. The number of phenolic OH excluding ortho intramolecular Hbond substituents is 1. The second-order valence-electron chi connectivity index (χ2n) is 7.99. The Morgan fingerprint density at radius 1 is 1.06 bits per heavy atom. The molecule has 1 saturated heterocycles. The van der Waals surface area contributed by atoms with Crippen molar-refractivity contribution >= 4 is 17.4 Å². The van der Waals surface area contributed by atoms with Gasteiger partial charge < -0.3 is 24.7 Å². The van der Waals surface area contributed by atoms with Crippen LogP contribution in [0.5, 0.6) is 11.5 Å². The van der Waals surface area contributed by atoms with Crippen molar-refractivity contribution in [1.29, 1.82) is 0 Å². The first-order valence-electron chi connectivity index (χ1n) is 11.4. The Balaban J connectivity index is 2.06. The van der Waals surface area contributed by atoms with Crippen molar-refractivity contribution in [2.45, 2.75) is 33.2 Å². The molecule has 2 aromatic rings. The third-order valence-electron chi connectivity index (χ3n) is 5.88. The predicted molar refractivity (Wildman–Crippen MR) is 127 cm³/mol. The van der Waals surface area contributed by atoms with Crippen molar-refractivity contribution in [3.05, 3.63) is 65.2 Å². The van der Waals surface area contributed by atoms with E-state index in [0.717, 1.165) is 19.5 Å². The summed E-state index contributed by atoms with van der Waals surface area (Å²) in [6.07, 6.45) is 0.842. The maximum Gasteiger partial charge on any atom is 0.295 e. The average Bonchev–Trinajstić information content (AvgIpc) is 3.08. The molecule has 1 amide bonds. The molecule has 176 valence electrons. The highest BCUT2D eigenvalue weighted by Gasteiger charge is 2.46. The lowest BCUT2D eigenvalue weighted by atomic mass is 9.95. The molecule has 0 bridgehead atoms. The van der Waals surface area contributed by atoms with Gasteiger partial charge in [0.05, 0.1) is 18.2 Å². The van der Waals surface area contributed by atoms with Crippen molar-refractivity contribution in [3.8, 4) is 11.5 Å². The summed E-state index contributed by atoms with van der Waals surface area (Å²) >= 11 is 0. The van der Waals surface area contributed by atoms with Crippen LogP contribution in [0, 0.1) is 0 Å².